The number of hydrogen-bond acceptors (Lipinski definition) is 2. The van der Waals surface area contributed by atoms with E-state index in [0.717, 1.165) is 6.07 Å². The van der Waals surface area contributed by atoms with Gasteiger partial charge < -0.3 is 10.2 Å². The first-order chi connectivity index (χ1) is 10.7. The fraction of sp³-hybridized carbons (Fsp3) is 0.500. The van der Waals surface area contributed by atoms with E-state index in [2.05, 4.69) is 5.32 Å². The van der Waals surface area contributed by atoms with E-state index >= 15 is 0 Å². The molecule has 1 N–H and O–H groups in total. The molecule has 1 aliphatic heterocycles. The Kier molecular flexibility index (Phi) is 4.97. The van der Waals surface area contributed by atoms with E-state index in [0.29, 0.717) is 0 Å². The minimum absolute atomic E-state index is 0.0594. The molecule has 1 unspecified atom stereocenters. The Morgan fingerprint density at radius 3 is 2.61 bits per heavy atom. The zero-order valence-corrected chi connectivity index (χ0v) is 13.0. The van der Waals surface area contributed by atoms with Crippen molar-refractivity contribution >= 4 is 11.8 Å². The smallest absolute Gasteiger partial charge is 0.351 e. The van der Waals surface area contributed by atoms with E-state index in [1.165, 1.54) is 23.1 Å². The van der Waals surface area contributed by atoms with Crippen LogP contribution in [0.3, 0.4) is 0 Å². The van der Waals surface area contributed by atoms with E-state index in [4.69, 9.17) is 0 Å². The molecule has 0 aliphatic carbocycles. The van der Waals surface area contributed by atoms with Gasteiger partial charge in [0.25, 0.3) is 0 Å². The van der Waals surface area contributed by atoms with Crippen molar-refractivity contribution in [2.24, 2.45) is 5.92 Å². The molecule has 0 spiro atoms. The van der Waals surface area contributed by atoms with Crippen LogP contribution in [0.15, 0.2) is 24.3 Å². The van der Waals surface area contributed by atoms with Gasteiger partial charge in [0.15, 0.2) is 0 Å². The van der Waals surface area contributed by atoms with Crippen molar-refractivity contribution in [2.45, 2.75) is 39.0 Å². The molecular formula is C16H19F3N2O2. The highest BCUT2D eigenvalue weighted by Crippen LogP contribution is 2.32. The molecule has 23 heavy (non-hydrogen) atoms. The summed E-state index contributed by atoms with van der Waals surface area (Å²) in [7, 11) is 0. The molecule has 2 amide bonds. The maximum Gasteiger partial charge on any atom is 0.416 e. The molecule has 0 radical (unpaired) electrons. The van der Waals surface area contributed by atoms with Gasteiger partial charge in [-0.15, -0.1) is 0 Å². The third-order valence-electron chi connectivity index (χ3n) is 3.77. The lowest BCUT2D eigenvalue weighted by molar-refractivity contribution is -0.139. The highest BCUT2D eigenvalue weighted by atomic mass is 19.4. The standard InChI is InChI=1S/C16H19F3N2O2/c1-10(2)15(23)20-12-7-14(22)21(9-12)8-11-5-3-4-6-13(11)16(17,18)19/h3-6,10,12H,7-9H2,1-2H3,(H,20,23). The molecule has 0 bridgehead atoms. The number of benzene rings is 1. The van der Waals surface area contributed by atoms with Gasteiger partial charge in [-0.3, -0.25) is 9.59 Å². The summed E-state index contributed by atoms with van der Waals surface area (Å²) in [6, 6.07) is 4.87. The van der Waals surface area contributed by atoms with Crippen molar-refractivity contribution in [3.63, 3.8) is 0 Å². The van der Waals surface area contributed by atoms with Crippen LogP contribution in [0.5, 0.6) is 0 Å². The average Bonchev–Trinajstić information content (AvgIpc) is 2.78. The Bertz CT molecular complexity index is 599. The van der Waals surface area contributed by atoms with Gasteiger partial charge in [0.1, 0.15) is 0 Å². The number of hydrogen-bond donors (Lipinski definition) is 1. The van der Waals surface area contributed by atoms with Crippen LogP contribution in [0.2, 0.25) is 0 Å². The van der Waals surface area contributed by atoms with E-state index in [-0.39, 0.29) is 48.8 Å². The van der Waals surface area contributed by atoms with Crippen LogP contribution in [0.4, 0.5) is 13.2 Å². The molecule has 1 saturated heterocycles. The van der Waals surface area contributed by atoms with Gasteiger partial charge in [-0.05, 0) is 11.6 Å². The second-order valence-electron chi connectivity index (χ2n) is 5.99. The fourth-order valence-electron chi connectivity index (χ4n) is 2.53. The first kappa shape index (κ1) is 17.3. The predicted molar refractivity (Wildman–Crippen MR) is 78.2 cm³/mol. The molecule has 0 aromatic heterocycles. The summed E-state index contributed by atoms with van der Waals surface area (Å²) in [4.78, 5) is 25.0. The number of carbonyl (C=O) groups excluding carboxylic acids is 2. The molecule has 1 aromatic carbocycles. The molecule has 1 aliphatic rings. The lowest BCUT2D eigenvalue weighted by Crippen LogP contribution is -2.39. The van der Waals surface area contributed by atoms with Gasteiger partial charge in [-0.25, -0.2) is 0 Å². The summed E-state index contributed by atoms with van der Waals surface area (Å²) in [5.74, 6) is -0.624. The highest BCUT2D eigenvalue weighted by Gasteiger charge is 2.36. The van der Waals surface area contributed by atoms with Crippen LogP contribution in [0.1, 0.15) is 31.4 Å². The van der Waals surface area contributed by atoms with Crippen LogP contribution in [-0.2, 0) is 22.3 Å². The largest absolute Gasteiger partial charge is 0.416 e. The SMILES string of the molecule is CC(C)C(=O)NC1CC(=O)N(Cc2ccccc2C(F)(F)F)C1. The minimum Gasteiger partial charge on any atom is -0.351 e. The Morgan fingerprint density at radius 1 is 1.35 bits per heavy atom. The molecule has 1 fully saturated rings. The van der Waals surface area contributed by atoms with Crippen LogP contribution in [-0.4, -0.2) is 29.3 Å². The Hall–Kier alpha value is -2.05. The van der Waals surface area contributed by atoms with Gasteiger partial charge in [-0.2, -0.15) is 13.2 Å². The third kappa shape index (κ3) is 4.24. The maximum absolute atomic E-state index is 13.0. The molecular weight excluding hydrogens is 309 g/mol. The maximum atomic E-state index is 13.0. The summed E-state index contributed by atoms with van der Waals surface area (Å²) in [6.45, 7) is 3.60. The lowest BCUT2D eigenvalue weighted by atomic mass is 10.1. The van der Waals surface area contributed by atoms with Crippen LogP contribution < -0.4 is 5.32 Å². The summed E-state index contributed by atoms with van der Waals surface area (Å²) in [6.07, 6.45) is -4.34. The summed E-state index contributed by atoms with van der Waals surface area (Å²) in [5, 5.41) is 2.75. The second-order valence-corrected chi connectivity index (χ2v) is 5.99. The van der Waals surface area contributed by atoms with Gasteiger partial charge in [-0.1, -0.05) is 32.0 Å². The number of nitrogens with one attached hydrogen (secondary N) is 1. The number of nitrogens with zero attached hydrogens (tertiary/aromatic N) is 1. The van der Waals surface area contributed by atoms with E-state index < -0.39 is 11.7 Å². The molecule has 1 aromatic rings. The van der Waals surface area contributed by atoms with Gasteiger partial charge in [0, 0.05) is 25.4 Å². The monoisotopic (exact) mass is 328 g/mol. The summed E-state index contributed by atoms with van der Waals surface area (Å²) in [5.41, 5.74) is -0.674. The summed E-state index contributed by atoms with van der Waals surface area (Å²) >= 11 is 0. The van der Waals surface area contributed by atoms with Crippen LogP contribution in [0, 0.1) is 5.92 Å². The molecule has 7 heteroatoms. The number of alkyl halides is 3. The Morgan fingerprint density at radius 2 is 2.00 bits per heavy atom. The van der Waals surface area contributed by atoms with Gasteiger partial charge in [0.05, 0.1) is 11.6 Å². The van der Waals surface area contributed by atoms with Crippen molar-refractivity contribution in [1.82, 2.24) is 10.2 Å². The van der Waals surface area contributed by atoms with Gasteiger partial charge in [0.2, 0.25) is 11.8 Å². The molecule has 1 heterocycles. The van der Waals surface area contributed by atoms with Crippen LogP contribution in [0.25, 0.3) is 0 Å². The Balaban J connectivity index is 2.07. The van der Waals surface area contributed by atoms with E-state index in [1.807, 2.05) is 0 Å². The number of halogens is 3. The predicted octanol–water partition coefficient (Wildman–Crippen LogP) is 2.58. The quantitative estimate of drug-likeness (QED) is 0.923. The van der Waals surface area contributed by atoms with Crippen molar-refractivity contribution in [3.8, 4) is 0 Å². The lowest BCUT2D eigenvalue weighted by Gasteiger charge is -2.20. The molecule has 1 atom stereocenters. The van der Waals surface area contributed by atoms with Crippen molar-refractivity contribution in [1.29, 1.82) is 0 Å². The first-order valence-corrected chi connectivity index (χ1v) is 7.41. The van der Waals surface area contributed by atoms with E-state index in [9.17, 15) is 22.8 Å². The molecule has 0 saturated carbocycles. The topological polar surface area (TPSA) is 49.4 Å². The normalized spacial score (nSPS) is 18.6. The Labute approximate surface area is 132 Å². The fourth-order valence-corrected chi connectivity index (χ4v) is 2.53. The highest BCUT2D eigenvalue weighted by molar-refractivity contribution is 5.82. The number of carbonyl (C=O) groups is 2. The molecule has 2 rings (SSSR count). The van der Waals surface area contributed by atoms with Crippen molar-refractivity contribution < 1.29 is 22.8 Å². The van der Waals surface area contributed by atoms with Crippen LogP contribution >= 0.6 is 0 Å². The van der Waals surface area contributed by atoms with Gasteiger partial charge >= 0.3 is 6.18 Å². The average molecular weight is 328 g/mol. The number of likely N-dealkylation sites (tertiary alicyclic amines) is 1. The second kappa shape index (κ2) is 6.60. The summed E-state index contributed by atoms with van der Waals surface area (Å²) < 4.78 is 39.0. The zero-order valence-electron chi connectivity index (χ0n) is 13.0. The third-order valence-corrected chi connectivity index (χ3v) is 3.77. The number of rotatable bonds is 4. The molecule has 126 valence electrons. The van der Waals surface area contributed by atoms with Crippen molar-refractivity contribution in [3.05, 3.63) is 35.4 Å². The zero-order chi connectivity index (χ0) is 17.2. The minimum atomic E-state index is -4.45. The first-order valence-electron chi connectivity index (χ1n) is 7.41. The van der Waals surface area contributed by atoms with E-state index in [1.54, 1.807) is 13.8 Å². The van der Waals surface area contributed by atoms with Crippen molar-refractivity contribution in [2.75, 3.05) is 6.54 Å². The number of amides is 2. The molecule has 4 nitrogen and oxygen atoms in total.